The van der Waals surface area contributed by atoms with Gasteiger partial charge in [-0.25, -0.2) is 0 Å². The van der Waals surface area contributed by atoms with Crippen LogP contribution in [-0.4, -0.2) is 7.11 Å². The van der Waals surface area contributed by atoms with Crippen molar-refractivity contribution in [3.63, 3.8) is 0 Å². The van der Waals surface area contributed by atoms with E-state index in [1.807, 2.05) is 12.1 Å². The Morgan fingerprint density at radius 2 is 1.68 bits per heavy atom. The molecule has 0 saturated heterocycles. The minimum atomic E-state index is 0.0964. The van der Waals surface area contributed by atoms with Crippen LogP contribution >= 0.6 is 22.6 Å². The molecule has 0 amide bonds. The predicted molar refractivity (Wildman–Crippen MR) is 87.4 cm³/mol. The van der Waals surface area contributed by atoms with E-state index in [4.69, 9.17) is 10.5 Å². The Labute approximate surface area is 128 Å². The quantitative estimate of drug-likeness (QED) is 0.813. The van der Waals surface area contributed by atoms with Crippen LogP contribution in [0.25, 0.3) is 0 Å². The Kier molecular flexibility index (Phi) is 5.22. The van der Waals surface area contributed by atoms with Gasteiger partial charge in [-0.05, 0) is 70.8 Å². The van der Waals surface area contributed by atoms with E-state index in [1.165, 1.54) is 14.7 Å². The lowest BCUT2D eigenvalue weighted by molar-refractivity contribution is 0.414. The van der Waals surface area contributed by atoms with Crippen molar-refractivity contribution in [2.75, 3.05) is 7.11 Å². The van der Waals surface area contributed by atoms with Gasteiger partial charge >= 0.3 is 0 Å². The molecule has 0 aliphatic carbocycles. The van der Waals surface area contributed by atoms with Gasteiger partial charge in [-0.1, -0.05) is 24.3 Å². The summed E-state index contributed by atoms with van der Waals surface area (Å²) in [4.78, 5) is 0. The number of hydrogen-bond acceptors (Lipinski definition) is 2. The molecular weight excluding hydrogens is 349 g/mol. The summed E-state index contributed by atoms with van der Waals surface area (Å²) >= 11 is 2.30. The highest BCUT2D eigenvalue weighted by atomic mass is 127. The van der Waals surface area contributed by atoms with E-state index in [1.54, 1.807) is 7.11 Å². The van der Waals surface area contributed by atoms with Crippen LogP contribution in [0.5, 0.6) is 5.75 Å². The minimum Gasteiger partial charge on any atom is -0.497 e. The van der Waals surface area contributed by atoms with Crippen molar-refractivity contribution in [1.82, 2.24) is 0 Å². The first-order valence-corrected chi connectivity index (χ1v) is 7.41. The lowest BCUT2D eigenvalue weighted by atomic mass is 10.00. The molecular formula is C16H18INO. The number of hydrogen-bond donors (Lipinski definition) is 1. The fourth-order valence-electron chi connectivity index (χ4n) is 1.99. The van der Waals surface area contributed by atoms with Crippen LogP contribution in [0.2, 0.25) is 0 Å². The van der Waals surface area contributed by atoms with E-state index >= 15 is 0 Å². The molecule has 3 heteroatoms. The molecule has 0 aromatic heterocycles. The maximum atomic E-state index is 6.22. The highest BCUT2D eigenvalue weighted by molar-refractivity contribution is 14.1. The second kappa shape index (κ2) is 6.91. The zero-order chi connectivity index (χ0) is 13.7. The Balaban J connectivity index is 1.92. The molecule has 0 aliphatic heterocycles. The molecule has 0 fully saturated rings. The van der Waals surface area contributed by atoms with Gasteiger partial charge in [0.05, 0.1) is 7.11 Å². The van der Waals surface area contributed by atoms with Crippen molar-refractivity contribution < 1.29 is 4.74 Å². The molecule has 2 aromatic rings. The van der Waals surface area contributed by atoms with E-state index in [0.29, 0.717) is 0 Å². The predicted octanol–water partition coefficient (Wildman–Crippen LogP) is 3.93. The molecule has 0 radical (unpaired) electrons. The fraction of sp³-hybridized carbons (Fsp3) is 0.250. The van der Waals surface area contributed by atoms with Crippen LogP contribution < -0.4 is 10.5 Å². The highest BCUT2D eigenvalue weighted by Crippen LogP contribution is 2.19. The molecule has 2 nitrogen and oxygen atoms in total. The monoisotopic (exact) mass is 367 g/mol. The van der Waals surface area contributed by atoms with Gasteiger partial charge in [0.15, 0.2) is 0 Å². The summed E-state index contributed by atoms with van der Waals surface area (Å²) in [5.41, 5.74) is 8.72. The third-order valence-corrected chi connectivity index (χ3v) is 3.92. The van der Waals surface area contributed by atoms with E-state index in [0.717, 1.165) is 18.6 Å². The highest BCUT2D eigenvalue weighted by Gasteiger charge is 2.06. The summed E-state index contributed by atoms with van der Waals surface area (Å²) in [6.45, 7) is 0. The molecule has 1 unspecified atom stereocenters. The van der Waals surface area contributed by atoms with Gasteiger partial charge in [0.2, 0.25) is 0 Å². The van der Waals surface area contributed by atoms with Crippen molar-refractivity contribution >= 4 is 22.6 Å². The van der Waals surface area contributed by atoms with Gasteiger partial charge in [0.1, 0.15) is 5.75 Å². The number of aryl methyl sites for hydroxylation is 1. The first kappa shape index (κ1) is 14.3. The van der Waals surface area contributed by atoms with Crippen LogP contribution in [-0.2, 0) is 6.42 Å². The summed E-state index contributed by atoms with van der Waals surface area (Å²) in [5, 5.41) is 0. The molecule has 0 saturated carbocycles. The number of ether oxygens (including phenoxy) is 1. The summed E-state index contributed by atoms with van der Waals surface area (Å²) in [7, 11) is 1.68. The Morgan fingerprint density at radius 3 is 2.26 bits per heavy atom. The first-order chi connectivity index (χ1) is 9.19. The van der Waals surface area contributed by atoms with E-state index in [-0.39, 0.29) is 6.04 Å². The molecule has 1 atom stereocenters. The van der Waals surface area contributed by atoms with Crippen LogP contribution in [0.15, 0.2) is 48.5 Å². The summed E-state index contributed by atoms with van der Waals surface area (Å²) in [5.74, 6) is 0.894. The molecule has 0 heterocycles. The normalized spacial score (nSPS) is 12.2. The van der Waals surface area contributed by atoms with Crippen molar-refractivity contribution in [2.24, 2.45) is 5.73 Å². The lowest BCUT2D eigenvalue weighted by Gasteiger charge is -2.12. The van der Waals surface area contributed by atoms with Crippen molar-refractivity contribution in [2.45, 2.75) is 18.9 Å². The Bertz CT molecular complexity index is 507. The van der Waals surface area contributed by atoms with Gasteiger partial charge in [-0.15, -0.1) is 0 Å². The van der Waals surface area contributed by atoms with Gasteiger partial charge in [0.25, 0.3) is 0 Å². The molecule has 19 heavy (non-hydrogen) atoms. The van der Waals surface area contributed by atoms with E-state index < -0.39 is 0 Å². The van der Waals surface area contributed by atoms with Gasteiger partial charge < -0.3 is 10.5 Å². The molecule has 2 rings (SSSR count). The zero-order valence-electron chi connectivity index (χ0n) is 11.0. The third kappa shape index (κ3) is 4.21. The second-order valence-corrected chi connectivity index (χ2v) is 5.79. The first-order valence-electron chi connectivity index (χ1n) is 6.33. The summed E-state index contributed by atoms with van der Waals surface area (Å²) in [6.07, 6.45) is 1.93. The average molecular weight is 367 g/mol. The van der Waals surface area contributed by atoms with E-state index in [2.05, 4.69) is 59.0 Å². The number of rotatable bonds is 5. The molecule has 0 aliphatic rings. The number of halogens is 1. The molecule has 2 aromatic carbocycles. The molecule has 0 bridgehead atoms. The standard InChI is InChI=1S/C16H18INO/c1-19-15-9-2-12(3-10-15)4-11-16(18)13-5-7-14(17)8-6-13/h2-3,5-10,16H,4,11,18H2,1H3. The van der Waals surface area contributed by atoms with Crippen LogP contribution in [0.4, 0.5) is 0 Å². The Morgan fingerprint density at radius 1 is 1.05 bits per heavy atom. The van der Waals surface area contributed by atoms with Crippen LogP contribution in [0.1, 0.15) is 23.6 Å². The van der Waals surface area contributed by atoms with Gasteiger partial charge in [0, 0.05) is 9.61 Å². The fourth-order valence-corrected chi connectivity index (χ4v) is 2.35. The smallest absolute Gasteiger partial charge is 0.118 e. The van der Waals surface area contributed by atoms with Crippen molar-refractivity contribution in [3.8, 4) is 5.75 Å². The number of methoxy groups -OCH3 is 1. The minimum absolute atomic E-state index is 0.0964. The third-order valence-electron chi connectivity index (χ3n) is 3.20. The van der Waals surface area contributed by atoms with Crippen molar-refractivity contribution in [3.05, 3.63) is 63.2 Å². The van der Waals surface area contributed by atoms with Gasteiger partial charge in [-0.3, -0.25) is 0 Å². The number of nitrogens with two attached hydrogens (primary N) is 1. The molecule has 2 N–H and O–H groups in total. The van der Waals surface area contributed by atoms with Crippen LogP contribution in [0.3, 0.4) is 0 Å². The lowest BCUT2D eigenvalue weighted by Crippen LogP contribution is -2.11. The summed E-state index contributed by atoms with van der Waals surface area (Å²) < 4.78 is 6.39. The number of benzene rings is 2. The SMILES string of the molecule is COc1ccc(CCC(N)c2ccc(I)cc2)cc1. The van der Waals surface area contributed by atoms with E-state index in [9.17, 15) is 0 Å². The topological polar surface area (TPSA) is 35.2 Å². The van der Waals surface area contributed by atoms with Gasteiger partial charge in [-0.2, -0.15) is 0 Å². The maximum absolute atomic E-state index is 6.22. The second-order valence-electron chi connectivity index (χ2n) is 4.54. The van der Waals surface area contributed by atoms with Crippen LogP contribution in [0, 0.1) is 3.57 Å². The maximum Gasteiger partial charge on any atom is 0.118 e. The Hall–Kier alpha value is -1.07. The van der Waals surface area contributed by atoms with Crippen molar-refractivity contribution in [1.29, 1.82) is 0 Å². The molecule has 100 valence electrons. The largest absolute Gasteiger partial charge is 0.497 e. The summed E-state index contributed by atoms with van der Waals surface area (Å²) in [6, 6.07) is 16.7. The molecule has 0 spiro atoms. The zero-order valence-corrected chi connectivity index (χ0v) is 13.1. The average Bonchev–Trinajstić information content (AvgIpc) is 2.46.